The Morgan fingerprint density at radius 2 is 2.07 bits per heavy atom. The average Bonchev–Trinajstić information content (AvgIpc) is 2.30. The van der Waals surface area contributed by atoms with Gasteiger partial charge in [0.15, 0.2) is 0 Å². The molecule has 3 heteroatoms. The number of aryl methyl sites for hydroxylation is 1. The van der Waals surface area contributed by atoms with Crippen LogP contribution in [0, 0.1) is 0 Å². The summed E-state index contributed by atoms with van der Waals surface area (Å²) >= 11 is 0. The van der Waals surface area contributed by atoms with Crippen LogP contribution < -0.4 is 0 Å². The summed E-state index contributed by atoms with van der Waals surface area (Å²) in [5.74, 6) is 0. The zero-order valence-corrected chi connectivity index (χ0v) is 7.96. The van der Waals surface area contributed by atoms with Crippen molar-refractivity contribution >= 4 is 11.0 Å². The Morgan fingerprint density at radius 1 is 1.14 bits per heavy atom. The van der Waals surface area contributed by atoms with Gasteiger partial charge in [-0.3, -0.25) is 9.97 Å². The predicted octanol–water partition coefficient (Wildman–Crippen LogP) is 2.09. The van der Waals surface area contributed by atoms with E-state index in [1.165, 1.54) is 0 Å². The van der Waals surface area contributed by atoms with E-state index in [1.54, 1.807) is 18.6 Å². The number of fused-ring (bicyclic) bond motifs is 1. The van der Waals surface area contributed by atoms with Crippen molar-refractivity contribution in [1.82, 2.24) is 14.5 Å². The number of hydrogen-bond acceptors (Lipinski definition) is 2. The lowest BCUT2D eigenvalue weighted by Gasteiger charge is -1.98. The van der Waals surface area contributed by atoms with Crippen LogP contribution in [-0.2, 0) is 7.05 Å². The molecule has 0 aliphatic carbocycles. The van der Waals surface area contributed by atoms with Gasteiger partial charge < -0.3 is 4.57 Å². The summed E-state index contributed by atoms with van der Waals surface area (Å²) in [6.45, 7) is 0. The van der Waals surface area contributed by atoms with Crippen LogP contribution in [-0.4, -0.2) is 14.5 Å². The molecule has 0 atom stereocenters. The molecule has 0 aliphatic rings. The third-order valence-electron chi connectivity index (χ3n) is 1.99. The van der Waals surface area contributed by atoms with Crippen LogP contribution >= 0.6 is 0 Å². The topological polar surface area (TPSA) is 30.7 Å². The molecule has 0 amide bonds. The molecule has 0 bridgehead atoms. The third kappa shape index (κ3) is 1.71. The van der Waals surface area contributed by atoms with Gasteiger partial charge >= 0.3 is 0 Å². The second kappa shape index (κ2) is 3.87. The summed E-state index contributed by atoms with van der Waals surface area (Å²) < 4.78 is 2.02. The van der Waals surface area contributed by atoms with Crippen molar-refractivity contribution in [2.45, 2.75) is 0 Å². The van der Waals surface area contributed by atoms with Gasteiger partial charge in [0.2, 0.25) is 0 Å². The number of hydrogen-bond donors (Lipinski definition) is 0. The Hall–Kier alpha value is -1.90. The van der Waals surface area contributed by atoms with Gasteiger partial charge in [0.05, 0.1) is 11.7 Å². The van der Waals surface area contributed by atoms with Gasteiger partial charge in [-0.15, -0.1) is 0 Å². The van der Waals surface area contributed by atoms with Crippen LogP contribution in [0.2, 0.25) is 0 Å². The second-order valence-electron chi connectivity index (χ2n) is 2.98. The predicted molar refractivity (Wildman–Crippen MR) is 56.1 cm³/mol. The minimum Gasteiger partial charge on any atom is -0.349 e. The summed E-state index contributed by atoms with van der Waals surface area (Å²) in [6, 6.07) is 7.77. The highest BCUT2D eigenvalue weighted by Gasteiger charge is 1.90. The molecule has 0 saturated carbocycles. The molecule has 0 radical (unpaired) electrons. The fourth-order valence-electron chi connectivity index (χ4n) is 1.28. The van der Waals surface area contributed by atoms with E-state index in [-0.39, 0.29) is 0 Å². The first-order valence-corrected chi connectivity index (χ1v) is 4.42. The summed E-state index contributed by atoms with van der Waals surface area (Å²) in [5, 5.41) is 0. The van der Waals surface area contributed by atoms with E-state index in [2.05, 4.69) is 9.97 Å². The SMILES string of the molecule is Cn1ccccncc2ncccc21. The molecule has 14 heavy (non-hydrogen) atoms. The van der Waals surface area contributed by atoms with E-state index >= 15 is 0 Å². The van der Waals surface area contributed by atoms with Crippen LogP contribution in [0.3, 0.4) is 0 Å². The summed E-state index contributed by atoms with van der Waals surface area (Å²) in [7, 11) is 1.99. The van der Waals surface area contributed by atoms with E-state index in [4.69, 9.17) is 0 Å². The van der Waals surface area contributed by atoms with Gasteiger partial charge in [-0.25, -0.2) is 0 Å². The molecule has 0 aliphatic heterocycles. The lowest BCUT2D eigenvalue weighted by Crippen LogP contribution is -1.89. The normalized spacial score (nSPS) is 9.79. The fourth-order valence-corrected chi connectivity index (χ4v) is 1.28. The first kappa shape index (κ1) is 8.69. The van der Waals surface area contributed by atoms with E-state index in [0.717, 1.165) is 11.0 Å². The Labute approximate surface area is 82.4 Å². The molecule has 0 aromatic carbocycles. The summed E-state index contributed by atoms with van der Waals surface area (Å²) in [4.78, 5) is 8.37. The van der Waals surface area contributed by atoms with Crippen molar-refractivity contribution in [3.8, 4) is 0 Å². The lowest BCUT2D eigenvalue weighted by molar-refractivity contribution is 0.955. The summed E-state index contributed by atoms with van der Waals surface area (Å²) in [5.41, 5.74) is 1.93. The van der Waals surface area contributed by atoms with E-state index in [0.29, 0.717) is 0 Å². The fraction of sp³-hybridized carbons (Fsp3) is 0.0909. The van der Waals surface area contributed by atoms with Crippen molar-refractivity contribution in [1.29, 1.82) is 0 Å². The number of nitrogens with zero attached hydrogens (tertiary/aromatic N) is 3. The minimum atomic E-state index is 0.881. The molecule has 0 saturated heterocycles. The monoisotopic (exact) mass is 185 g/mol. The standard InChI is InChI=1S/C11H11N3/c1-14-8-3-2-6-12-9-10-11(14)5-4-7-13-10/h2-9H,1H3. The highest BCUT2D eigenvalue weighted by atomic mass is 14.9. The largest absolute Gasteiger partial charge is 0.349 e. The van der Waals surface area contributed by atoms with Crippen molar-refractivity contribution < 1.29 is 0 Å². The van der Waals surface area contributed by atoms with Crippen molar-refractivity contribution in [2.24, 2.45) is 7.05 Å². The minimum absolute atomic E-state index is 0.881. The Morgan fingerprint density at radius 3 is 3.00 bits per heavy atom. The molecule has 0 unspecified atom stereocenters. The molecule has 2 rings (SSSR count). The second-order valence-corrected chi connectivity index (χ2v) is 2.98. The van der Waals surface area contributed by atoms with Gasteiger partial charge in [0, 0.05) is 25.6 Å². The molecule has 2 heterocycles. The van der Waals surface area contributed by atoms with Gasteiger partial charge in [-0.2, -0.15) is 0 Å². The van der Waals surface area contributed by atoms with Crippen molar-refractivity contribution in [3.63, 3.8) is 0 Å². The Bertz CT molecular complexity index is 487. The summed E-state index contributed by atoms with van der Waals surface area (Å²) in [6.07, 6.45) is 7.25. The smallest absolute Gasteiger partial charge is 0.105 e. The van der Waals surface area contributed by atoms with Gasteiger partial charge in [-0.05, 0) is 24.3 Å². The number of pyridine rings is 1. The highest BCUT2D eigenvalue weighted by molar-refractivity contribution is 5.72. The van der Waals surface area contributed by atoms with Gasteiger partial charge in [0.25, 0.3) is 0 Å². The molecule has 0 spiro atoms. The van der Waals surface area contributed by atoms with Crippen LogP contribution in [0.25, 0.3) is 11.0 Å². The van der Waals surface area contributed by atoms with Gasteiger partial charge in [0.1, 0.15) is 5.52 Å². The molecule has 70 valence electrons. The van der Waals surface area contributed by atoms with Crippen molar-refractivity contribution in [2.75, 3.05) is 0 Å². The van der Waals surface area contributed by atoms with Crippen LogP contribution in [0.5, 0.6) is 0 Å². The lowest BCUT2D eigenvalue weighted by atomic mass is 10.4. The first-order valence-electron chi connectivity index (χ1n) is 4.42. The van der Waals surface area contributed by atoms with E-state index < -0.39 is 0 Å². The number of rotatable bonds is 0. The zero-order valence-electron chi connectivity index (χ0n) is 7.96. The molecule has 2 aromatic rings. The third-order valence-corrected chi connectivity index (χ3v) is 1.99. The zero-order chi connectivity index (χ0) is 9.80. The highest BCUT2D eigenvalue weighted by Crippen LogP contribution is 2.04. The first-order chi connectivity index (χ1) is 6.88. The molecule has 3 nitrogen and oxygen atoms in total. The quantitative estimate of drug-likeness (QED) is 0.629. The maximum atomic E-state index is 4.25. The molecular weight excluding hydrogens is 174 g/mol. The molecule has 2 aromatic heterocycles. The maximum absolute atomic E-state index is 4.25. The maximum Gasteiger partial charge on any atom is 0.105 e. The number of aromatic nitrogens is 3. The van der Waals surface area contributed by atoms with Crippen LogP contribution in [0.15, 0.2) is 49.1 Å². The molecule has 0 N–H and O–H groups in total. The van der Waals surface area contributed by atoms with E-state index in [1.807, 2.05) is 42.1 Å². The van der Waals surface area contributed by atoms with Gasteiger partial charge in [-0.1, -0.05) is 0 Å². The molecule has 0 fully saturated rings. The average molecular weight is 185 g/mol. The Kier molecular flexibility index (Phi) is 2.40. The van der Waals surface area contributed by atoms with Crippen molar-refractivity contribution in [3.05, 3.63) is 49.1 Å². The molecular formula is C11H11N3. The van der Waals surface area contributed by atoms with E-state index in [9.17, 15) is 0 Å². The van der Waals surface area contributed by atoms with Crippen LogP contribution in [0.4, 0.5) is 0 Å². The van der Waals surface area contributed by atoms with Crippen LogP contribution in [0.1, 0.15) is 0 Å². The Balaban J connectivity index is 2.91.